The molecule has 6 heteroatoms. The maximum absolute atomic E-state index is 12.2. The number of amides is 1. The molecule has 26 heavy (non-hydrogen) atoms. The number of pyridine rings is 1. The van der Waals surface area contributed by atoms with E-state index in [-0.39, 0.29) is 6.09 Å². The Kier molecular flexibility index (Phi) is 5.58. The first-order chi connectivity index (χ1) is 12.3. The first kappa shape index (κ1) is 18.8. The van der Waals surface area contributed by atoms with Crippen molar-refractivity contribution < 1.29 is 9.53 Å². The molecule has 1 aliphatic heterocycles. The van der Waals surface area contributed by atoms with E-state index in [1.54, 1.807) is 0 Å². The molecule has 1 amide bonds. The van der Waals surface area contributed by atoms with Gasteiger partial charge in [-0.1, -0.05) is 0 Å². The van der Waals surface area contributed by atoms with Crippen molar-refractivity contribution in [2.45, 2.75) is 58.1 Å². The molecule has 1 aliphatic carbocycles. The summed E-state index contributed by atoms with van der Waals surface area (Å²) in [6.07, 6.45) is 6.17. The number of anilines is 2. The first-order valence-corrected chi connectivity index (χ1v) is 9.73. The molecule has 0 unspecified atom stereocenters. The van der Waals surface area contributed by atoms with Crippen molar-refractivity contribution in [2.75, 3.05) is 36.9 Å². The van der Waals surface area contributed by atoms with Gasteiger partial charge in [0.05, 0.1) is 5.69 Å². The topological polar surface area (TPSA) is 57.7 Å². The Hall–Kier alpha value is -1.98. The summed E-state index contributed by atoms with van der Waals surface area (Å²) in [6, 6.07) is 4.47. The van der Waals surface area contributed by atoms with Gasteiger partial charge in [0.25, 0.3) is 0 Å². The van der Waals surface area contributed by atoms with Crippen LogP contribution in [0.1, 0.15) is 46.5 Å². The number of carbonyl (C=O) groups excluding carboxylic acids is 1. The van der Waals surface area contributed by atoms with E-state index in [1.165, 1.54) is 12.8 Å². The van der Waals surface area contributed by atoms with Crippen LogP contribution in [-0.4, -0.2) is 54.3 Å². The van der Waals surface area contributed by atoms with Gasteiger partial charge in [-0.2, -0.15) is 0 Å². The van der Waals surface area contributed by atoms with Crippen LogP contribution in [0.2, 0.25) is 0 Å². The average molecular weight is 361 g/mol. The zero-order valence-corrected chi connectivity index (χ0v) is 16.5. The molecule has 2 heterocycles. The minimum absolute atomic E-state index is 0.205. The standard InChI is InChI=1S/C20H32N4O2/c1-20(2,3)26-19(25)24-12-9-16(10-13-24)23(4)18-17(6-5-11-21-18)22-14-15-7-8-15/h5-6,11,15-16,22H,7-10,12-14H2,1-4H3. The van der Waals surface area contributed by atoms with E-state index in [1.807, 2.05) is 37.9 Å². The van der Waals surface area contributed by atoms with Crippen LogP contribution < -0.4 is 10.2 Å². The SMILES string of the molecule is CN(c1ncccc1NCC1CC1)C1CCN(C(=O)OC(C)(C)C)CC1. The molecule has 0 radical (unpaired) electrons. The molecule has 0 atom stereocenters. The number of piperidine rings is 1. The van der Waals surface area contributed by atoms with Crippen molar-refractivity contribution in [3.05, 3.63) is 18.3 Å². The second kappa shape index (κ2) is 7.72. The Labute approximate surface area is 156 Å². The maximum Gasteiger partial charge on any atom is 0.410 e. The van der Waals surface area contributed by atoms with E-state index < -0.39 is 5.60 Å². The van der Waals surface area contributed by atoms with Crippen LogP contribution in [0.5, 0.6) is 0 Å². The van der Waals surface area contributed by atoms with Crippen LogP contribution in [-0.2, 0) is 4.74 Å². The zero-order valence-electron chi connectivity index (χ0n) is 16.5. The van der Waals surface area contributed by atoms with Gasteiger partial charge in [0, 0.05) is 38.9 Å². The number of carbonyl (C=O) groups is 1. The lowest BCUT2D eigenvalue weighted by molar-refractivity contribution is 0.0205. The summed E-state index contributed by atoms with van der Waals surface area (Å²) < 4.78 is 5.49. The molecule has 3 rings (SSSR count). The number of nitrogens with zero attached hydrogens (tertiary/aromatic N) is 3. The predicted octanol–water partition coefficient (Wildman–Crippen LogP) is 3.74. The molecule has 1 N–H and O–H groups in total. The number of hydrogen-bond acceptors (Lipinski definition) is 5. The van der Waals surface area contributed by atoms with Crippen LogP contribution >= 0.6 is 0 Å². The highest BCUT2D eigenvalue weighted by Crippen LogP contribution is 2.31. The molecule has 1 saturated carbocycles. The summed E-state index contributed by atoms with van der Waals surface area (Å²) in [5.41, 5.74) is 0.664. The molecule has 2 fully saturated rings. The lowest BCUT2D eigenvalue weighted by Crippen LogP contribution is -2.47. The summed E-state index contributed by atoms with van der Waals surface area (Å²) in [6.45, 7) is 8.20. The smallest absolute Gasteiger partial charge is 0.410 e. The van der Waals surface area contributed by atoms with Gasteiger partial charge in [0.2, 0.25) is 0 Å². The van der Waals surface area contributed by atoms with Gasteiger partial charge in [0.15, 0.2) is 5.82 Å². The van der Waals surface area contributed by atoms with E-state index in [0.717, 1.165) is 49.9 Å². The second-order valence-corrected chi connectivity index (χ2v) is 8.51. The van der Waals surface area contributed by atoms with E-state index in [2.05, 4.69) is 28.3 Å². The number of hydrogen-bond donors (Lipinski definition) is 1. The van der Waals surface area contributed by atoms with Gasteiger partial charge in [-0.15, -0.1) is 0 Å². The van der Waals surface area contributed by atoms with Crippen molar-refractivity contribution in [3.8, 4) is 0 Å². The lowest BCUT2D eigenvalue weighted by Gasteiger charge is -2.38. The highest BCUT2D eigenvalue weighted by atomic mass is 16.6. The summed E-state index contributed by atoms with van der Waals surface area (Å²) >= 11 is 0. The Bertz CT molecular complexity index is 616. The van der Waals surface area contributed by atoms with E-state index in [4.69, 9.17) is 4.74 Å². The average Bonchev–Trinajstić information content (AvgIpc) is 3.43. The van der Waals surface area contributed by atoms with Crippen LogP contribution in [0.15, 0.2) is 18.3 Å². The molecule has 0 spiro atoms. The van der Waals surface area contributed by atoms with Crippen LogP contribution in [0.3, 0.4) is 0 Å². The van der Waals surface area contributed by atoms with Crippen LogP contribution in [0.4, 0.5) is 16.3 Å². The number of likely N-dealkylation sites (tertiary alicyclic amines) is 1. The fourth-order valence-electron chi connectivity index (χ4n) is 3.33. The molecular weight excluding hydrogens is 328 g/mol. The van der Waals surface area contributed by atoms with E-state index in [9.17, 15) is 4.79 Å². The predicted molar refractivity (Wildman–Crippen MR) is 105 cm³/mol. The third kappa shape index (κ3) is 5.02. The Morgan fingerprint density at radius 2 is 2.00 bits per heavy atom. The third-order valence-electron chi connectivity index (χ3n) is 5.06. The molecular formula is C20H32N4O2. The summed E-state index contributed by atoms with van der Waals surface area (Å²) in [5, 5.41) is 3.56. The largest absolute Gasteiger partial charge is 0.444 e. The quantitative estimate of drug-likeness (QED) is 0.867. The first-order valence-electron chi connectivity index (χ1n) is 9.73. The molecule has 0 aromatic carbocycles. The Balaban J connectivity index is 1.56. The van der Waals surface area contributed by atoms with Gasteiger partial charge in [-0.25, -0.2) is 9.78 Å². The van der Waals surface area contributed by atoms with Gasteiger partial charge >= 0.3 is 6.09 Å². The van der Waals surface area contributed by atoms with Gasteiger partial charge in [-0.3, -0.25) is 0 Å². The molecule has 6 nitrogen and oxygen atoms in total. The second-order valence-electron chi connectivity index (χ2n) is 8.51. The highest BCUT2D eigenvalue weighted by molar-refractivity contribution is 5.68. The normalized spacial score (nSPS) is 18.5. The number of ether oxygens (including phenoxy) is 1. The molecule has 0 bridgehead atoms. The third-order valence-corrected chi connectivity index (χ3v) is 5.06. The molecule has 1 aromatic heterocycles. The van der Waals surface area contributed by atoms with Gasteiger partial charge in [0.1, 0.15) is 5.60 Å². The molecule has 1 saturated heterocycles. The summed E-state index contributed by atoms with van der Waals surface area (Å²) in [7, 11) is 2.11. The maximum atomic E-state index is 12.2. The van der Waals surface area contributed by atoms with Crippen molar-refractivity contribution in [2.24, 2.45) is 5.92 Å². The van der Waals surface area contributed by atoms with Gasteiger partial charge < -0.3 is 19.9 Å². The van der Waals surface area contributed by atoms with Crippen LogP contribution in [0, 0.1) is 5.92 Å². The molecule has 144 valence electrons. The minimum atomic E-state index is -0.444. The highest BCUT2D eigenvalue weighted by Gasteiger charge is 2.29. The molecule has 2 aliphatic rings. The lowest BCUT2D eigenvalue weighted by atomic mass is 10.0. The minimum Gasteiger partial charge on any atom is -0.444 e. The summed E-state index contributed by atoms with van der Waals surface area (Å²) in [4.78, 5) is 20.9. The van der Waals surface area contributed by atoms with Gasteiger partial charge in [-0.05, 0) is 64.5 Å². The number of rotatable bonds is 5. The fraction of sp³-hybridized carbons (Fsp3) is 0.700. The van der Waals surface area contributed by atoms with Crippen molar-refractivity contribution >= 4 is 17.6 Å². The van der Waals surface area contributed by atoms with Crippen molar-refractivity contribution in [1.29, 1.82) is 0 Å². The number of aromatic nitrogens is 1. The summed E-state index contributed by atoms with van der Waals surface area (Å²) in [5.74, 6) is 1.83. The molecule has 1 aromatic rings. The Morgan fingerprint density at radius 3 is 2.62 bits per heavy atom. The van der Waals surface area contributed by atoms with Crippen molar-refractivity contribution in [1.82, 2.24) is 9.88 Å². The number of nitrogens with one attached hydrogen (secondary N) is 1. The monoisotopic (exact) mass is 360 g/mol. The zero-order chi connectivity index (χ0) is 18.7. The fourth-order valence-corrected chi connectivity index (χ4v) is 3.33. The van der Waals surface area contributed by atoms with Crippen LogP contribution in [0.25, 0.3) is 0 Å². The van der Waals surface area contributed by atoms with Crippen molar-refractivity contribution in [3.63, 3.8) is 0 Å². The van der Waals surface area contributed by atoms with E-state index in [0.29, 0.717) is 6.04 Å². The Morgan fingerprint density at radius 1 is 1.31 bits per heavy atom. The van der Waals surface area contributed by atoms with E-state index >= 15 is 0 Å².